The quantitative estimate of drug-likeness (QED) is 0.807. The molecular formula is C16H16FN3O5. The normalized spacial score (nSPS) is 10.4. The van der Waals surface area contributed by atoms with Gasteiger partial charge in [-0.2, -0.15) is 0 Å². The average molecular weight is 349 g/mol. The summed E-state index contributed by atoms with van der Waals surface area (Å²) in [6.07, 6.45) is 1.16. The van der Waals surface area contributed by atoms with Crippen LogP contribution in [0.4, 0.5) is 10.1 Å². The van der Waals surface area contributed by atoms with Crippen LogP contribution in [0, 0.1) is 12.7 Å². The maximum atomic E-state index is 14.1. The molecule has 0 atom stereocenters. The molecule has 25 heavy (non-hydrogen) atoms. The van der Waals surface area contributed by atoms with Crippen LogP contribution in [-0.4, -0.2) is 28.1 Å². The van der Waals surface area contributed by atoms with Crippen molar-refractivity contribution in [2.75, 3.05) is 12.4 Å². The summed E-state index contributed by atoms with van der Waals surface area (Å²) < 4.78 is 20.5. The van der Waals surface area contributed by atoms with E-state index >= 15 is 0 Å². The number of carbonyl (C=O) groups excluding carboxylic acids is 2. The average Bonchev–Trinajstić information content (AvgIpc) is 2.58. The number of aryl methyl sites for hydroxylation is 1. The number of rotatable bonds is 4. The molecule has 1 heterocycles. The third-order valence-electron chi connectivity index (χ3n) is 3.59. The van der Waals surface area contributed by atoms with E-state index in [0.717, 1.165) is 34.6 Å². The zero-order valence-corrected chi connectivity index (χ0v) is 13.8. The maximum Gasteiger partial charge on any atom is 0.340 e. The number of methoxy groups -OCH3 is 1. The first-order chi connectivity index (χ1) is 11.8. The highest BCUT2D eigenvalue weighted by atomic mass is 19.1. The van der Waals surface area contributed by atoms with E-state index in [1.165, 1.54) is 13.1 Å². The van der Waals surface area contributed by atoms with Crippen LogP contribution in [0.25, 0.3) is 0 Å². The number of halogens is 1. The van der Waals surface area contributed by atoms with Gasteiger partial charge in [-0.15, -0.1) is 0 Å². The molecule has 1 N–H and O–H groups in total. The topological polar surface area (TPSA) is 99.4 Å². The summed E-state index contributed by atoms with van der Waals surface area (Å²) in [6.45, 7) is 1.11. The van der Waals surface area contributed by atoms with Crippen molar-refractivity contribution in [2.45, 2.75) is 13.5 Å². The molecule has 0 fully saturated rings. The minimum Gasteiger partial charge on any atom is -0.465 e. The number of hydrogen-bond donors (Lipinski definition) is 1. The lowest BCUT2D eigenvalue weighted by atomic mass is 10.1. The van der Waals surface area contributed by atoms with Crippen LogP contribution in [0.1, 0.15) is 15.9 Å². The molecule has 0 spiro atoms. The van der Waals surface area contributed by atoms with Gasteiger partial charge in [0, 0.05) is 19.3 Å². The molecule has 0 aliphatic rings. The standard InChI is InChI=1S/C16H16FN3O5/c1-9-4-5-10(17)14(13(9)15(23)25-3)18-11(21)8-20-7-6-12(22)19(2)16(20)24/h4-7H,8H2,1-3H3,(H,18,21). The van der Waals surface area contributed by atoms with Crippen LogP contribution >= 0.6 is 0 Å². The number of amides is 1. The number of ether oxygens (including phenoxy) is 1. The number of nitrogens with zero attached hydrogens (tertiary/aromatic N) is 2. The molecule has 0 aliphatic carbocycles. The van der Waals surface area contributed by atoms with Crippen molar-refractivity contribution < 1.29 is 18.7 Å². The summed E-state index contributed by atoms with van der Waals surface area (Å²) in [4.78, 5) is 47.3. The Hall–Kier alpha value is -3.23. The molecule has 0 saturated carbocycles. The first-order valence-corrected chi connectivity index (χ1v) is 7.20. The van der Waals surface area contributed by atoms with Crippen molar-refractivity contribution in [3.63, 3.8) is 0 Å². The molecule has 9 heteroatoms. The molecule has 0 saturated heterocycles. The van der Waals surface area contributed by atoms with Crippen molar-refractivity contribution in [3.8, 4) is 0 Å². The van der Waals surface area contributed by atoms with Crippen LogP contribution in [0.3, 0.4) is 0 Å². The summed E-state index contributed by atoms with van der Waals surface area (Å²) in [5.74, 6) is -2.35. The molecule has 0 radical (unpaired) electrons. The van der Waals surface area contributed by atoms with E-state index in [-0.39, 0.29) is 11.3 Å². The van der Waals surface area contributed by atoms with E-state index in [2.05, 4.69) is 10.1 Å². The molecule has 0 unspecified atom stereocenters. The molecule has 1 aromatic carbocycles. The second-order valence-electron chi connectivity index (χ2n) is 5.28. The molecule has 1 amide bonds. The van der Waals surface area contributed by atoms with E-state index in [1.807, 2.05) is 0 Å². The zero-order chi connectivity index (χ0) is 18.7. The number of aromatic nitrogens is 2. The second kappa shape index (κ2) is 7.12. The number of benzene rings is 1. The van der Waals surface area contributed by atoms with Gasteiger partial charge < -0.3 is 10.1 Å². The lowest BCUT2D eigenvalue weighted by Gasteiger charge is -2.14. The van der Waals surface area contributed by atoms with Gasteiger partial charge in [0.25, 0.3) is 5.56 Å². The first kappa shape index (κ1) is 18.1. The minimum absolute atomic E-state index is 0.108. The fraction of sp³-hybridized carbons (Fsp3) is 0.250. The maximum absolute atomic E-state index is 14.1. The van der Waals surface area contributed by atoms with Gasteiger partial charge in [0.1, 0.15) is 12.4 Å². The highest BCUT2D eigenvalue weighted by molar-refractivity contribution is 6.02. The van der Waals surface area contributed by atoms with Gasteiger partial charge in [-0.1, -0.05) is 6.07 Å². The highest BCUT2D eigenvalue weighted by Gasteiger charge is 2.21. The summed E-state index contributed by atoms with van der Waals surface area (Å²) in [7, 11) is 2.41. The van der Waals surface area contributed by atoms with Crippen LogP contribution in [0.5, 0.6) is 0 Å². The lowest BCUT2D eigenvalue weighted by molar-refractivity contribution is -0.116. The Labute approximate surface area is 141 Å². The van der Waals surface area contributed by atoms with E-state index in [1.54, 1.807) is 6.92 Å². The Morgan fingerprint density at radius 3 is 2.56 bits per heavy atom. The van der Waals surface area contributed by atoms with Gasteiger partial charge in [-0.3, -0.25) is 18.7 Å². The Bertz CT molecular complexity index is 961. The van der Waals surface area contributed by atoms with Gasteiger partial charge in [0.15, 0.2) is 0 Å². The van der Waals surface area contributed by atoms with Gasteiger partial charge in [-0.05, 0) is 18.6 Å². The molecule has 8 nitrogen and oxygen atoms in total. The number of hydrogen-bond acceptors (Lipinski definition) is 5. The monoisotopic (exact) mass is 349 g/mol. The van der Waals surface area contributed by atoms with Crippen LogP contribution < -0.4 is 16.6 Å². The fourth-order valence-corrected chi connectivity index (χ4v) is 2.24. The number of esters is 1. The van der Waals surface area contributed by atoms with Crippen molar-refractivity contribution in [1.82, 2.24) is 9.13 Å². The molecule has 2 aromatic rings. The van der Waals surface area contributed by atoms with E-state index < -0.39 is 35.5 Å². The number of nitrogens with one attached hydrogen (secondary N) is 1. The molecule has 1 aromatic heterocycles. The lowest BCUT2D eigenvalue weighted by Crippen LogP contribution is -2.39. The summed E-state index contributed by atoms with van der Waals surface area (Å²) >= 11 is 0. The Morgan fingerprint density at radius 1 is 1.24 bits per heavy atom. The molecule has 132 valence electrons. The molecule has 2 rings (SSSR count). The third kappa shape index (κ3) is 3.65. The Balaban J connectivity index is 2.35. The Morgan fingerprint density at radius 2 is 1.92 bits per heavy atom. The van der Waals surface area contributed by atoms with E-state index in [9.17, 15) is 23.6 Å². The van der Waals surface area contributed by atoms with Gasteiger partial charge >= 0.3 is 11.7 Å². The molecular weight excluding hydrogens is 333 g/mol. The summed E-state index contributed by atoms with van der Waals surface area (Å²) in [5.41, 5.74) is -1.22. The third-order valence-corrected chi connectivity index (χ3v) is 3.59. The molecule has 0 bridgehead atoms. The number of anilines is 1. The van der Waals surface area contributed by atoms with Crippen molar-refractivity contribution in [3.05, 3.63) is 62.2 Å². The SMILES string of the molecule is COC(=O)c1c(C)ccc(F)c1NC(=O)Cn1ccc(=O)n(C)c1=O. The van der Waals surface area contributed by atoms with Gasteiger partial charge in [0.2, 0.25) is 5.91 Å². The largest absolute Gasteiger partial charge is 0.465 e. The first-order valence-electron chi connectivity index (χ1n) is 7.20. The van der Waals surface area contributed by atoms with Crippen molar-refractivity contribution >= 4 is 17.6 Å². The summed E-state index contributed by atoms with van der Waals surface area (Å²) in [5, 5.41) is 2.28. The van der Waals surface area contributed by atoms with E-state index in [4.69, 9.17) is 0 Å². The predicted octanol–water partition coefficient (Wildman–Crippen LogP) is 0.420. The highest BCUT2D eigenvalue weighted by Crippen LogP contribution is 2.24. The smallest absolute Gasteiger partial charge is 0.340 e. The second-order valence-corrected chi connectivity index (χ2v) is 5.28. The Kier molecular flexibility index (Phi) is 5.16. The van der Waals surface area contributed by atoms with Crippen molar-refractivity contribution in [2.24, 2.45) is 7.05 Å². The minimum atomic E-state index is -0.813. The summed E-state index contributed by atoms with van der Waals surface area (Å²) in [6, 6.07) is 3.62. The van der Waals surface area contributed by atoms with Gasteiger partial charge in [-0.25, -0.2) is 14.0 Å². The van der Waals surface area contributed by atoms with Gasteiger partial charge in [0.05, 0.1) is 18.4 Å². The zero-order valence-electron chi connectivity index (χ0n) is 13.8. The van der Waals surface area contributed by atoms with Crippen molar-refractivity contribution in [1.29, 1.82) is 0 Å². The molecule has 0 aliphatic heterocycles. The fourth-order valence-electron chi connectivity index (χ4n) is 2.24. The van der Waals surface area contributed by atoms with Crippen LogP contribution in [0.2, 0.25) is 0 Å². The predicted molar refractivity (Wildman–Crippen MR) is 87.0 cm³/mol. The number of carbonyl (C=O) groups is 2. The van der Waals surface area contributed by atoms with E-state index in [0.29, 0.717) is 5.56 Å². The van der Waals surface area contributed by atoms with Crippen LogP contribution in [-0.2, 0) is 23.1 Å². The van der Waals surface area contributed by atoms with Crippen LogP contribution in [0.15, 0.2) is 34.0 Å².